The number of hydrogen-bond donors (Lipinski definition) is 1. The van der Waals surface area contributed by atoms with Crippen molar-refractivity contribution in [2.24, 2.45) is 0 Å². The van der Waals surface area contributed by atoms with Gasteiger partial charge in [0.05, 0.1) is 5.56 Å². The van der Waals surface area contributed by atoms with E-state index in [1.807, 2.05) is 38.1 Å². The predicted octanol–water partition coefficient (Wildman–Crippen LogP) is 3.90. The van der Waals surface area contributed by atoms with Gasteiger partial charge in [0.2, 0.25) is 0 Å². The highest BCUT2D eigenvalue weighted by Gasteiger charge is 2.28. The van der Waals surface area contributed by atoms with E-state index in [1.54, 1.807) is 11.8 Å². The Kier molecular flexibility index (Phi) is 6.61. The maximum Gasteiger partial charge on any atom is 0.340 e. The highest BCUT2D eigenvalue weighted by atomic mass is 32.2. The first-order chi connectivity index (χ1) is 13.1. The number of carbonyl (C=O) groups excluding carboxylic acids is 2. The molecule has 0 saturated heterocycles. The van der Waals surface area contributed by atoms with E-state index in [0.29, 0.717) is 18.2 Å². The smallest absolute Gasteiger partial charge is 0.340 e. The summed E-state index contributed by atoms with van der Waals surface area (Å²) in [4.78, 5) is 25.4. The monoisotopic (exact) mass is 386 g/mol. The normalized spacial score (nSPS) is 13.4. The fourth-order valence-electron chi connectivity index (χ4n) is 3.14. The Balaban J connectivity index is 1.35. The van der Waals surface area contributed by atoms with E-state index in [2.05, 4.69) is 22.0 Å². The molecule has 5 nitrogen and oxygen atoms in total. The third kappa shape index (κ3) is 5.39. The van der Waals surface area contributed by atoms with E-state index in [0.717, 1.165) is 36.4 Å². The Bertz CT molecular complexity index is 797. The Morgan fingerprint density at radius 1 is 1.22 bits per heavy atom. The van der Waals surface area contributed by atoms with Gasteiger partial charge >= 0.3 is 5.97 Å². The van der Waals surface area contributed by atoms with E-state index in [4.69, 9.17) is 4.74 Å². The van der Waals surface area contributed by atoms with Gasteiger partial charge in [0.15, 0.2) is 6.61 Å². The van der Waals surface area contributed by atoms with E-state index >= 15 is 0 Å². The van der Waals surface area contributed by atoms with Crippen LogP contribution in [0.3, 0.4) is 0 Å². The lowest BCUT2D eigenvalue weighted by Gasteiger charge is -2.08. The Morgan fingerprint density at radius 2 is 1.96 bits per heavy atom. The highest BCUT2D eigenvalue weighted by molar-refractivity contribution is 7.99. The molecule has 1 amide bonds. The number of nitrogens with one attached hydrogen (secondary N) is 1. The summed E-state index contributed by atoms with van der Waals surface area (Å²) in [5.41, 5.74) is 2.56. The lowest BCUT2D eigenvalue weighted by atomic mass is 10.2. The zero-order valence-corrected chi connectivity index (χ0v) is 16.7. The topological polar surface area (TPSA) is 60.3 Å². The lowest BCUT2D eigenvalue weighted by molar-refractivity contribution is -0.124. The SMILES string of the molecule is Cc1cc(C(=O)OCC(=O)NCCCSc2ccccc2)c(C)n1C1CC1. The molecule has 1 fully saturated rings. The second-order valence-corrected chi connectivity index (χ2v) is 8.00. The van der Waals surface area contributed by atoms with Crippen molar-refractivity contribution in [2.45, 2.75) is 44.0 Å². The summed E-state index contributed by atoms with van der Waals surface area (Å²) in [5.74, 6) is 0.242. The first-order valence-corrected chi connectivity index (χ1v) is 10.3. The van der Waals surface area contributed by atoms with Crippen LogP contribution in [-0.4, -0.2) is 35.3 Å². The summed E-state index contributed by atoms with van der Waals surface area (Å²) < 4.78 is 7.39. The number of aryl methyl sites for hydroxylation is 1. The van der Waals surface area contributed by atoms with Crippen LogP contribution in [0.5, 0.6) is 0 Å². The molecular formula is C21H26N2O3S. The average Bonchev–Trinajstić information content (AvgIpc) is 3.45. The van der Waals surface area contributed by atoms with Crippen LogP contribution in [0.25, 0.3) is 0 Å². The van der Waals surface area contributed by atoms with Gasteiger partial charge in [0, 0.05) is 28.9 Å². The summed E-state index contributed by atoms with van der Waals surface area (Å²) in [7, 11) is 0. The van der Waals surface area contributed by atoms with E-state index in [1.165, 1.54) is 4.90 Å². The van der Waals surface area contributed by atoms with Gasteiger partial charge in [-0.15, -0.1) is 11.8 Å². The number of aromatic nitrogens is 1. The fraction of sp³-hybridized carbons (Fsp3) is 0.429. The van der Waals surface area contributed by atoms with Gasteiger partial charge in [0.1, 0.15) is 0 Å². The number of hydrogen-bond acceptors (Lipinski definition) is 4. The predicted molar refractivity (Wildman–Crippen MR) is 107 cm³/mol. The van der Waals surface area contributed by atoms with Crippen molar-refractivity contribution < 1.29 is 14.3 Å². The van der Waals surface area contributed by atoms with Crippen LogP contribution in [-0.2, 0) is 9.53 Å². The van der Waals surface area contributed by atoms with E-state index in [-0.39, 0.29) is 12.5 Å². The molecule has 1 aliphatic rings. The molecule has 144 valence electrons. The molecule has 1 aliphatic carbocycles. The molecule has 2 aromatic rings. The molecule has 0 unspecified atom stereocenters. The minimum atomic E-state index is -0.426. The van der Waals surface area contributed by atoms with Crippen molar-refractivity contribution in [1.29, 1.82) is 0 Å². The number of benzene rings is 1. The van der Waals surface area contributed by atoms with Crippen molar-refractivity contribution in [3.63, 3.8) is 0 Å². The molecule has 6 heteroatoms. The molecule has 1 saturated carbocycles. The van der Waals surface area contributed by atoms with Crippen LogP contribution in [0.1, 0.15) is 47.1 Å². The zero-order chi connectivity index (χ0) is 19.2. The van der Waals surface area contributed by atoms with Gasteiger partial charge in [-0.3, -0.25) is 4.79 Å². The summed E-state index contributed by atoms with van der Waals surface area (Å²) in [6.07, 6.45) is 3.19. The fourth-order valence-corrected chi connectivity index (χ4v) is 4.02. The Hall–Kier alpha value is -2.21. The second kappa shape index (κ2) is 9.13. The standard InChI is InChI=1S/C21H26N2O3S/c1-15-13-19(16(2)23(15)17-9-10-17)21(25)26-14-20(24)22-11-6-12-27-18-7-4-3-5-8-18/h3-5,7-8,13,17H,6,9-12,14H2,1-2H3,(H,22,24). The van der Waals surface area contributed by atoms with Crippen molar-refractivity contribution in [1.82, 2.24) is 9.88 Å². The summed E-state index contributed by atoms with van der Waals surface area (Å²) in [6.45, 7) is 4.28. The molecule has 0 radical (unpaired) electrons. The van der Waals surface area contributed by atoms with Gasteiger partial charge in [-0.25, -0.2) is 4.79 Å². The van der Waals surface area contributed by atoms with Crippen LogP contribution in [0, 0.1) is 13.8 Å². The number of esters is 1. The van der Waals surface area contributed by atoms with Crippen LogP contribution in [0.15, 0.2) is 41.3 Å². The number of nitrogens with zero attached hydrogens (tertiary/aromatic N) is 1. The minimum Gasteiger partial charge on any atom is -0.452 e. The van der Waals surface area contributed by atoms with E-state index < -0.39 is 5.97 Å². The van der Waals surface area contributed by atoms with E-state index in [9.17, 15) is 9.59 Å². The molecule has 0 aliphatic heterocycles. The minimum absolute atomic E-state index is 0.238. The number of rotatable bonds is 9. The van der Waals surface area contributed by atoms with Gasteiger partial charge in [-0.1, -0.05) is 18.2 Å². The number of carbonyl (C=O) groups is 2. The number of ether oxygens (including phenoxy) is 1. The van der Waals surface area contributed by atoms with Gasteiger partial charge in [-0.2, -0.15) is 0 Å². The molecule has 1 N–H and O–H groups in total. The molecule has 3 rings (SSSR count). The van der Waals surface area contributed by atoms with Gasteiger partial charge < -0.3 is 14.6 Å². The first kappa shape index (κ1) is 19.5. The van der Waals surface area contributed by atoms with Crippen molar-refractivity contribution in [2.75, 3.05) is 18.9 Å². The zero-order valence-electron chi connectivity index (χ0n) is 15.9. The maximum atomic E-state index is 12.3. The van der Waals surface area contributed by atoms with Crippen LogP contribution >= 0.6 is 11.8 Å². The van der Waals surface area contributed by atoms with Crippen molar-refractivity contribution >= 4 is 23.6 Å². The number of amides is 1. The molecule has 1 aromatic carbocycles. The van der Waals surface area contributed by atoms with Gasteiger partial charge in [-0.05, 0) is 57.1 Å². The summed E-state index contributed by atoms with van der Waals surface area (Å²) >= 11 is 1.76. The molecule has 0 spiro atoms. The second-order valence-electron chi connectivity index (χ2n) is 6.83. The molecule has 0 atom stereocenters. The summed E-state index contributed by atoms with van der Waals surface area (Å²) in [6, 6.07) is 12.5. The highest BCUT2D eigenvalue weighted by Crippen LogP contribution is 2.38. The Morgan fingerprint density at radius 3 is 2.67 bits per heavy atom. The molecule has 27 heavy (non-hydrogen) atoms. The Labute approximate surface area is 164 Å². The average molecular weight is 387 g/mol. The third-order valence-corrected chi connectivity index (χ3v) is 5.70. The van der Waals surface area contributed by atoms with Crippen LogP contribution < -0.4 is 5.32 Å². The quantitative estimate of drug-likeness (QED) is 0.403. The summed E-state index contributed by atoms with van der Waals surface area (Å²) in [5, 5.41) is 2.80. The third-order valence-electron chi connectivity index (χ3n) is 4.61. The molecule has 1 aromatic heterocycles. The van der Waals surface area contributed by atoms with Crippen molar-refractivity contribution in [3.8, 4) is 0 Å². The molecular weight excluding hydrogens is 360 g/mol. The largest absolute Gasteiger partial charge is 0.452 e. The van der Waals surface area contributed by atoms with Crippen molar-refractivity contribution in [3.05, 3.63) is 53.3 Å². The van der Waals surface area contributed by atoms with Crippen LogP contribution in [0.2, 0.25) is 0 Å². The molecule has 0 bridgehead atoms. The van der Waals surface area contributed by atoms with Crippen LogP contribution in [0.4, 0.5) is 0 Å². The molecule has 1 heterocycles. The first-order valence-electron chi connectivity index (χ1n) is 9.36. The number of thioether (sulfide) groups is 1. The van der Waals surface area contributed by atoms with Gasteiger partial charge in [0.25, 0.3) is 5.91 Å². The lowest BCUT2D eigenvalue weighted by Crippen LogP contribution is -2.29. The maximum absolute atomic E-state index is 12.3.